The average Bonchev–Trinajstić information content (AvgIpc) is 3.01. The van der Waals surface area contributed by atoms with Gasteiger partial charge in [0.15, 0.2) is 5.43 Å². The molecule has 1 fully saturated rings. The molecule has 2 atom stereocenters. The van der Waals surface area contributed by atoms with Gasteiger partial charge in [-0.25, -0.2) is 0 Å². The molecule has 3 aromatic rings. The van der Waals surface area contributed by atoms with Crippen molar-refractivity contribution in [3.63, 3.8) is 0 Å². The van der Waals surface area contributed by atoms with Crippen LogP contribution in [0.4, 0.5) is 5.69 Å². The SMILES string of the molecule is CN1CC[C@H](c2c(O)cc(O)c3c(=O)cc(-c4ccc(N)cc4Cl)oc23)[C@H]1CO.Cl. The van der Waals surface area contributed by atoms with Crippen LogP contribution in [0.2, 0.25) is 5.02 Å². The van der Waals surface area contributed by atoms with Gasteiger partial charge in [-0.15, -0.1) is 12.4 Å². The number of phenolic OH excluding ortho intramolecular Hbond substituents is 2. The summed E-state index contributed by atoms with van der Waals surface area (Å²) in [5, 5.41) is 31.1. The average molecular weight is 453 g/mol. The minimum absolute atomic E-state index is 0. The number of hydrogen-bond donors (Lipinski definition) is 4. The number of aliphatic hydroxyl groups is 1. The Morgan fingerprint density at radius 1 is 1.23 bits per heavy atom. The third-order valence-corrected chi connectivity index (χ3v) is 5.95. The molecule has 5 N–H and O–H groups in total. The van der Waals surface area contributed by atoms with Crippen LogP contribution in [0.1, 0.15) is 17.9 Å². The van der Waals surface area contributed by atoms with E-state index in [4.69, 9.17) is 21.8 Å². The van der Waals surface area contributed by atoms with Crippen LogP contribution in [0.3, 0.4) is 0 Å². The van der Waals surface area contributed by atoms with E-state index in [-0.39, 0.29) is 59.2 Å². The fraction of sp³-hybridized carbons (Fsp3) is 0.286. The van der Waals surface area contributed by atoms with Crippen molar-refractivity contribution >= 4 is 40.7 Å². The Labute approximate surface area is 183 Å². The molecular weight excluding hydrogens is 431 g/mol. The van der Waals surface area contributed by atoms with E-state index < -0.39 is 5.43 Å². The van der Waals surface area contributed by atoms with Crippen molar-refractivity contribution < 1.29 is 19.7 Å². The second kappa shape index (κ2) is 8.35. The fourth-order valence-corrected chi connectivity index (χ4v) is 4.44. The molecule has 160 valence electrons. The molecule has 1 aromatic heterocycles. The van der Waals surface area contributed by atoms with Crippen LogP contribution in [-0.4, -0.2) is 46.5 Å². The zero-order valence-corrected chi connectivity index (χ0v) is 17.7. The van der Waals surface area contributed by atoms with Gasteiger partial charge < -0.3 is 30.4 Å². The van der Waals surface area contributed by atoms with Gasteiger partial charge >= 0.3 is 0 Å². The number of benzene rings is 2. The number of nitrogen functional groups attached to an aromatic ring is 1. The molecular formula is C21H22Cl2N2O5. The molecule has 4 rings (SSSR count). The van der Waals surface area contributed by atoms with E-state index in [2.05, 4.69) is 0 Å². The number of aromatic hydroxyl groups is 2. The molecule has 30 heavy (non-hydrogen) atoms. The minimum Gasteiger partial charge on any atom is -0.507 e. The van der Waals surface area contributed by atoms with Gasteiger partial charge in [-0.3, -0.25) is 4.79 Å². The van der Waals surface area contributed by atoms with Crippen molar-refractivity contribution in [3.8, 4) is 22.8 Å². The molecule has 7 nitrogen and oxygen atoms in total. The quantitative estimate of drug-likeness (QED) is 0.449. The van der Waals surface area contributed by atoms with Crippen molar-refractivity contribution in [1.29, 1.82) is 0 Å². The molecule has 1 aliphatic rings. The van der Waals surface area contributed by atoms with E-state index in [1.807, 2.05) is 11.9 Å². The standard InChI is InChI=1S/C21H21ClN2O5.ClH/c1-24-5-4-12(14(24)9-25)19-15(26)7-16(27)20-17(28)8-18(29-21(19)20)11-3-2-10(23)6-13(11)22;/h2-3,6-8,12,14,25-27H,4-5,9,23H2,1H3;1H/t12-,14+;/m0./s1. The Bertz CT molecular complexity index is 1160. The van der Waals surface area contributed by atoms with Gasteiger partial charge in [0.1, 0.15) is 28.2 Å². The van der Waals surface area contributed by atoms with Crippen molar-refractivity contribution in [2.75, 3.05) is 25.9 Å². The molecule has 9 heteroatoms. The van der Waals surface area contributed by atoms with Crippen molar-refractivity contribution in [1.82, 2.24) is 4.90 Å². The maximum absolute atomic E-state index is 12.8. The number of anilines is 1. The lowest BCUT2D eigenvalue weighted by Gasteiger charge is -2.24. The van der Waals surface area contributed by atoms with Gasteiger partial charge in [-0.2, -0.15) is 0 Å². The van der Waals surface area contributed by atoms with Crippen molar-refractivity contribution in [2.24, 2.45) is 0 Å². The summed E-state index contributed by atoms with van der Waals surface area (Å²) in [5.74, 6) is -0.617. The van der Waals surface area contributed by atoms with Crippen LogP contribution < -0.4 is 11.2 Å². The Kier molecular flexibility index (Phi) is 6.19. The normalized spacial score (nSPS) is 19.2. The highest BCUT2D eigenvalue weighted by atomic mass is 35.5. The van der Waals surface area contributed by atoms with Crippen LogP contribution in [0, 0.1) is 0 Å². The lowest BCUT2D eigenvalue weighted by molar-refractivity contribution is 0.172. The number of phenols is 2. The second-order valence-electron chi connectivity index (χ2n) is 7.37. The van der Waals surface area contributed by atoms with Gasteiger partial charge in [-0.1, -0.05) is 11.6 Å². The Morgan fingerprint density at radius 3 is 2.63 bits per heavy atom. The zero-order valence-electron chi connectivity index (χ0n) is 16.1. The predicted molar refractivity (Wildman–Crippen MR) is 119 cm³/mol. The monoisotopic (exact) mass is 452 g/mol. The van der Waals surface area contributed by atoms with Crippen LogP contribution in [0.5, 0.6) is 11.5 Å². The molecule has 0 spiro atoms. The molecule has 1 aliphatic heterocycles. The van der Waals surface area contributed by atoms with E-state index in [1.165, 1.54) is 6.07 Å². The van der Waals surface area contributed by atoms with Gasteiger partial charge in [0.2, 0.25) is 0 Å². The molecule has 0 unspecified atom stereocenters. The molecule has 0 bridgehead atoms. The number of halogens is 2. The lowest BCUT2D eigenvalue weighted by Crippen LogP contribution is -2.32. The summed E-state index contributed by atoms with van der Waals surface area (Å²) in [7, 11) is 1.89. The maximum Gasteiger partial charge on any atom is 0.197 e. The Morgan fingerprint density at radius 2 is 1.97 bits per heavy atom. The number of rotatable bonds is 3. The Hall–Kier alpha value is -2.45. The first-order valence-corrected chi connectivity index (χ1v) is 9.58. The highest BCUT2D eigenvalue weighted by Crippen LogP contribution is 2.44. The van der Waals surface area contributed by atoms with E-state index in [0.717, 1.165) is 6.07 Å². The fourth-order valence-electron chi connectivity index (χ4n) is 4.16. The molecule has 0 saturated carbocycles. The smallest absolute Gasteiger partial charge is 0.197 e. The summed E-state index contributed by atoms with van der Waals surface area (Å²) in [6.07, 6.45) is 0.658. The van der Waals surface area contributed by atoms with Crippen LogP contribution in [0.15, 0.2) is 39.5 Å². The van der Waals surface area contributed by atoms with E-state index in [1.54, 1.807) is 18.2 Å². The predicted octanol–water partition coefficient (Wildman–Crippen LogP) is 3.31. The number of hydrogen-bond acceptors (Lipinski definition) is 7. The van der Waals surface area contributed by atoms with E-state index in [0.29, 0.717) is 34.8 Å². The first-order chi connectivity index (χ1) is 13.8. The summed E-state index contributed by atoms with van der Waals surface area (Å²) in [6, 6.07) is 6.99. The number of nitrogens with zero attached hydrogens (tertiary/aromatic N) is 1. The molecule has 2 heterocycles. The summed E-state index contributed by atoms with van der Waals surface area (Å²) >= 11 is 6.28. The maximum atomic E-state index is 12.8. The van der Waals surface area contributed by atoms with E-state index in [9.17, 15) is 20.1 Å². The summed E-state index contributed by atoms with van der Waals surface area (Å²) < 4.78 is 6.04. The summed E-state index contributed by atoms with van der Waals surface area (Å²) in [5.41, 5.74) is 6.71. The number of nitrogens with two attached hydrogens (primary N) is 1. The highest BCUT2D eigenvalue weighted by Gasteiger charge is 2.36. The van der Waals surface area contributed by atoms with Gasteiger partial charge in [0.05, 0.1) is 11.6 Å². The number of aliphatic hydroxyl groups excluding tert-OH is 1. The van der Waals surface area contributed by atoms with Crippen LogP contribution >= 0.6 is 24.0 Å². The number of likely N-dealkylation sites (tertiary alicyclic amines) is 1. The first kappa shape index (κ1) is 22.2. The van der Waals surface area contributed by atoms with Crippen LogP contribution in [0.25, 0.3) is 22.3 Å². The highest BCUT2D eigenvalue weighted by molar-refractivity contribution is 6.33. The molecule has 2 aromatic carbocycles. The topological polar surface area (TPSA) is 120 Å². The van der Waals surface area contributed by atoms with Crippen molar-refractivity contribution in [3.05, 3.63) is 51.1 Å². The molecule has 0 aliphatic carbocycles. The zero-order chi connectivity index (χ0) is 20.9. The van der Waals surface area contributed by atoms with Crippen molar-refractivity contribution in [2.45, 2.75) is 18.4 Å². The van der Waals surface area contributed by atoms with Crippen LogP contribution in [-0.2, 0) is 0 Å². The van der Waals surface area contributed by atoms with Gasteiger partial charge in [0.25, 0.3) is 0 Å². The van der Waals surface area contributed by atoms with Gasteiger partial charge in [0, 0.05) is 40.9 Å². The third kappa shape index (κ3) is 3.58. The molecule has 1 saturated heterocycles. The van der Waals surface area contributed by atoms with E-state index >= 15 is 0 Å². The molecule has 0 amide bonds. The number of fused-ring (bicyclic) bond motifs is 1. The Balaban J connectivity index is 0.00000256. The summed E-state index contributed by atoms with van der Waals surface area (Å²) in [4.78, 5) is 14.8. The molecule has 0 radical (unpaired) electrons. The lowest BCUT2D eigenvalue weighted by atomic mass is 9.89. The minimum atomic E-state index is -0.459. The first-order valence-electron chi connectivity index (χ1n) is 9.21. The number of likely N-dealkylation sites (N-methyl/N-ethyl adjacent to an activating group) is 1. The largest absolute Gasteiger partial charge is 0.507 e. The summed E-state index contributed by atoms with van der Waals surface area (Å²) in [6.45, 7) is 0.599. The van der Waals surface area contributed by atoms with Gasteiger partial charge in [-0.05, 0) is 38.2 Å². The second-order valence-corrected chi connectivity index (χ2v) is 7.78. The third-order valence-electron chi connectivity index (χ3n) is 5.64.